The highest BCUT2D eigenvalue weighted by Crippen LogP contribution is 2.40. The number of carbonyl (C=O) groups excluding carboxylic acids is 1. The van der Waals surface area contributed by atoms with E-state index in [2.05, 4.69) is 15.9 Å². The zero-order valence-corrected chi connectivity index (χ0v) is 20.5. The lowest BCUT2D eigenvalue weighted by Crippen LogP contribution is -2.27. The minimum atomic E-state index is -0.135. The van der Waals surface area contributed by atoms with Gasteiger partial charge in [0, 0.05) is 0 Å². The Morgan fingerprint density at radius 3 is 2.41 bits per heavy atom. The normalized spacial score (nSPS) is 14.8. The molecule has 0 bridgehead atoms. The number of thioether (sulfide) groups is 1. The molecule has 0 saturated carbocycles. The van der Waals surface area contributed by atoms with Gasteiger partial charge in [0.15, 0.2) is 15.8 Å². The quantitative estimate of drug-likeness (QED) is 0.249. The molecule has 1 aliphatic heterocycles. The van der Waals surface area contributed by atoms with E-state index in [0.717, 1.165) is 21.3 Å². The van der Waals surface area contributed by atoms with Gasteiger partial charge in [-0.3, -0.25) is 9.69 Å². The first-order valence-corrected chi connectivity index (χ1v) is 12.0. The van der Waals surface area contributed by atoms with Crippen molar-refractivity contribution in [3.63, 3.8) is 0 Å². The van der Waals surface area contributed by atoms with Gasteiger partial charge in [0.1, 0.15) is 6.61 Å². The molecule has 0 aromatic heterocycles. The maximum atomic E-state index is 13.0. The van der Waals surface area contributed by atoms with E-state index in [-0.39, 0.29) is 5.91 Å². The lowest BCUT2D eigenvalue weighted by molar-refractivity contribution is -0.113. The fraction of sp³-hybridized carbons (Fsp3) is 0.120. The molecular weight excluding hydrogens is 506 g/mol. The molecule has 7 heteroatoms. The van der Waals surface area contributed by atoms with Crippen LogP contribution in [0.4, 0.5) is 5.69 Å². The van der Waals surface area contributed by atoms with E-state index in [4.69, 9.17) is 21.7 Å². The number of benzene rings is 3. The Labute approximate surface area is 205 Å². The third-order valence-corrected chi connectivity index (χ3v) is 6.55. The molecule has 1 saturated heterocycles. The SMILES string of the molecule is CCOc1cc(/C=C2/SC(=S)N(c3ccccc3)C2=O)cc(Br)c1OCc1ccccc1. The lowest BCUT2D eigenvalue weighted by Gasteiger charge is -2.15. The largest absolute Gasteiger partial charge is 0.490 e. The van der Waals surface area contributed by atoms with E-state index in [1.54, 1.807) is 4.90 Å². The molecule has 1 aliphatic rings. The summed E-state index contributed by atoms with van der Waals surface area (Å²) in [7, 11) is 0. The molecule has 162 valence electrons. The van der Waals surface area contributed by atoms with Gasteiger partial charge in [-0.1, -0.05) is 72.5 Å². The van der Waals surface area contributed by atoms with E-state index in [9.17, 15) is 4.79 Å². The summed E-state index contributed by atoms with van der Waals surface area (Å²) < 4.78 is 13.2. The van der Waals surface area contributed by atoms with Gasteiger partial charge in [-0.15, -0.1) is 0 Å². The Balaban J connectivity index is 1.60. The van der Waals surface area contributed by atoms with Crippen molar-refractivity contribution < 1.29 is 14.3 Å². The topological polar surface area (TPSA) is 38.8 Å². The van der Waals surface area contributed by atoms with E-state index in [1.807, 2.05) is 85.8 Å². The fourth-order valence-corrected chi connectivity index (χ4v) is 5.10. The van der Waals surface area contributed by atoms with Crippen LogP contribution in [0.2, 0.25) is 0 Å². The van der Waals surface area contributed by atoms with Gasteiger partial charge >= 0.3 is 0 Å². The van der Waals surface area contributed by atoms with Crippen molar-refractivity contribution >= 4 is 61.9 Å². The number of hydrogen-bond donors (Lipinski definition) is 0. The summed E-state index contributed by atoms with van der Waals surface area (Å²) in [6.45, 7) is 2.84. The minimum absolute atomic E-state index is 0.135. The van der Waals surface area contributed by atoms with Gasteiger partial charge in [0.05, 0.1) is 21.7 Å². The average Bonchev–Trinajstić information content (AvgIpc) is 3.07. The number of rotatable bonds is 7. The second-order valence-electron chi connectivity index (χ2n) is 6.89. The molecule has 0 spiro atoms. The van der Waals surface area contributed by atoms with Crippen molar-refractivity contribution in [2.45, 2.75) is 13.5 Å². The van der Waals surface area contributed by atoms with Gasteiger partial charge in [-0.05, 0) is 64.3 Å². The maximum absolute atomic E-state index is 13.0. The smallest absolute Gasteiger partial charge is 0.270 e. The molecule has 0 unspecified atom stereocenters. The fourth-order valence-electron chi connectivity index (χ4n) is 3.22. The highest BCUT2D eigenvalue weighted by Gasteiger charge is 2.33. The van der Waals surface area contributed by atoms with Crippen LogP contribution in [-0.2, 0) is 11.4 Å². The molecule has 0 radical (unpaired) electrons. The van der Waals surface area contributed by atoms with Gasteiger partial charge < -0.3 is 9.47 Å². The maximum Gasteiger partial charge on any atom is 0.270 e. The van der Waals surface area contributed by atoms with Crippen molar-refractivity contribution in [2.75, 3.05) is 11.5 Å². The van der Waals surface area contributed by atoms with Crippen LogP contribution in [0.3, 0.4) is 0 Å². The van der Waals surface area contributed by atoms with Crippen LogP contribution >= 0.6 is 39.9 Å². The summed E-state index contributed by atoms with van der Waals surface area (Å²) in [4.78, 5) is 15.1. The van der Waals surface area contributed by atoms with Crippen LogP contribution in [0.5, 0.6) is 11.5 Å². The Kier molecular flexibility index (Phi) is 7.29. The number of amides is 1. The number of nitrogens with zero attached hydrogens (tertiary/aromatic N) is 1. The Morgan fingerprint density at radius 1 is 1.03 bits per heavy atom. The second kappa shape index (κ2) is 10.3. The molecular formula is C25H20BrNO3S2. The third kappa shape index (κ3) is 5.06. The summed E-state index contributed by atoms with van der Waals surface area (Å²) in [6.07, 6.45) is 1.83. The van der Waals surface area contributed by atoms with Crippen molar-refractivity contribution in [3.05, 3.63) is 93.3 Å². The molecule has 4 nitrogen and oxygen atoms in total. The first kappa shape index (κ1) is 22.6. The van der Waals surface area contributed by atoms with Crippen LogP contribution in [-0.4, -0.2) is 16.8 Å². The molecule has 0 N–H and O–H groups in total. The molecule has 0 aliphatic carbocycles. The standard InChI is InChI=1S/C25H20BrNO3S2/c1-2-29-21-14-18(13-20(26)23(21)30-16-17-9-5-3-6-10-17)15-22-24(28)27(25(31)32-22)19-11-7-4-8-12-19/h3-15H,2,16H2,1H3/b22-15+. The average molecular weight is 526 g/mol. The number of hydrogen-bond acceptors (Lipinski definition) is 5. The van der Waals surface area contributed by atoms with Crippen LogP contribution in [0.1, 0.15) is 18.1 Å². The molecule has 1 fully saturated rings. The zero-order valence-electron chi connectivity index (χ0n) is 17.3. The number of anilines is 1. The molecule has 0 atom stereocenters. The van der Waals surface area contributed by atoms with E-state index in [1.165, 1.54) is 11.8 Å². The highest BCUT2D eigenvalue weighted by molar-refractivity contribution is 9.10. The molecule has 3 aromatic rings. The summed E-state index contributed by atoms with van der Waals surface area (Å²) in [5, 5.41) is 0. The second-order valence-corrected chi connectivity index (χ2v) is 9.42. The van der Waals surface area contributed by atoms with E-state index < -0.39 is 0 Å². The third-order valence-electron chi connectivity index (χ3n) is 4.66. The molecule has 3 aromatic carbocycles. The monoisotopic (exact) mass is 525 g/mol. The summed E-state index contributed by atoms with van der Waals surface area (Å²) in [6, 6.07) is 23.2. The number of carbonyl (C=O) groups is 1. The van der Waals surface area contributed by atoms with Gasteiger partial charge in [-0.2, -0.15) is 0 Å². The van der Waals surface area contributed by atoms with Crippen molar-refractivity contribution in [1.29, 1.82) is 0 Å². The van der Waals surface area contributed by atoms with Crippen LogP contribution in [0, 0.1) is 0 Å². The van der Waals surface area contributed by atoms with Crippen LogP contribution < -0.4 is 14.4 Å². The van der Waals surface area contributed by atoms with E-state index >= 15 is 0 Å². The molecule has 32 heavy (non-hydrogen) atoms. The number of thiocarbonyl (C=S) groups is 1. The summed E-state index contributed by atoms with van der Waals surface area (Å²) in [5.74, 6) is 1.11. The first-order valence-electron chi connectivity index (χ1n) is 10.0. The van der Waals surface area contributed by atoms with Gasteiger partial charge in [0.25, 0.3) is 5.91 Å². The highest BCUT2D eigenvalue weighted by atomic mass is 79.9. The van der Waals surface area contributed by atoms with Crippen molar-refractivity contribution in [2.24, 2.45) is 0 Å². The Hall–Kier alpha value is -2.61. The number of para-hydroxylation sites is 1. The van der Waals surface area contributed by atoms with Crippen LogP contribution in [0.15, 0.2) is 82.2 Å². The van der Waals surface area contributed by atoms with Crippen LogP contribution in [0.25, 0.3) is 6.08 Å². The Bertz CT molecular complexity index is 1170. The number of halogens is 1. The molecule has 1 heterocycles. The van der Waals surface area contributed by atoms with E-state index in [0.29, 0.717) is 33.9 Å². The van der Waals surface area contributed by atoms with Gasteiger partial charge in [0.2, 0.25) is 0 Å². The predicted octanol–water partition coefficient (Wildman–Crippen LogP) is 6.83. The minimum Gasteiger partial charge on any atom is -0.490 e. The summed E-state index contributed by atoms with van der Waals surface area (Å²) in [5.41, 5.74) is 2.65. The first-order chi connectivity index (χ1) is 15.6. The lowest BCUT2D eigenvalue weighted by atomic mass is 10.1. The zero-order chi connectivity index (χ0) is 22.5. The predicted molar refractivity (Wildman–Crippen MR) is 138 cm³/mol. The molecule has 4 rings (SSSR count). The van der Waals surface area contributed by atoms with Crippen molar-refractivity contribution in [1.82, 2.24) is 0 Å². The Morgan fingerprint density at radius 2 is 1.72 bits per heavy atom. The van der Waals surface area contributed by atoms with Crippen molar-refractivity contribution in [3.8, 4) is 11.5 Å². The molecule has 1 amide bonds. The number of ether oxygens (including phenoxy) is 2. The van der Waals surface area contributed by atoms with Gasteiger partial charge in [-0.25, -0.2) is 0 Å². The summed E-state index contributed by atoms with van der Waals surface area (Å²) >= 11 is 10.4.